The van der Waals surface area contributed by atoms with Gasteiger partial charge in [0.2, 0.25) is 12.3 Å². The predicted octanol–water partition coefficient (Wildman–Crippen LogP) is 6.63. The lowest BCUT2D eigenvalue weighted by molar-refractivity contribution is -0.106. The number of carbonyl (C=O) groups excluding carboxylic acids is 1. The van der Waals surface area contributed by atoms with E-state index in [4.69, 9.17) is 24.5 Å². The van der Waals surface area contributed by atoms with Gasteiger partial charge >= 0.3 is 0 Å². The molecule has 11 nitrogen and oxygen atoms in total. The number of nitrogens with zero attached hydrogens (tertiary/aromatic N) is 6. The lowest BCUT2D eigenvalue weighted by Crippen LogP contribution is -2.33. The van der Waals surface area contributed by atoms with E-state index in [-0.39, 0.29) is 24.7 Å². The number of aromatic nitrogens is 4. The van der Waals surface area contributed by atoms with Gasteiger partial charge in [-0.15, -0.1) is 0 Å². The van der Waals surface area contributed by atoms with Crippen LogP contribution in [-0.2, 0) is 34.0 Å². The number of rotatable bonds is 12. The summed E-state index contributed by atoms with van der Waals surface area (Å²) in [5, 5.41) is 17.5. The number of aliphatic imine (C=N–C) groups is 1. The van der Waals surface area contributed by atoms with Crippen molar-refractivity contribution in [3.8, 4) is 17.2 Å². The molecular formula is C40H41FN8O3. The number of carbonyl (C=O) groups is 1. The monoisotopic (exact) mass is 700 g/mol. The second kappa shape index (κ2) is 16.9. The summed E-state index contributed by atoms with van der Waals surface area (Å²) >= 11 is 0. The topological polar surface area (TPSA) is 147 Å². The highest BCUT2D eigenvalue weighted by Gasteiger charge is 2.23. The largest absolute Gasteiger partial charge is 0.473 e. The number of aryl methyl sites for hydroxylation is 1. The van der Waals surface area contributed by atoms with E-state index in [0.717, 1.165) is 96.6 Å². The number of benzene rings is 3. The Morgan fingerprint density at radius 2 is 2.00 bits per heavy atom. The Labute approximate surface area is 301 Å². The van der Waals surface area contributed by atoms with Crippen molar-refractivity contribution in [2.45, 2.75) is 52.0 Å². The van der Waals surface area contributed by atoms with E-state index >= 15 is 0 Å². The molecule has 0 spiro atoms. The van der Waals surface area contributed by atoms with Gasteiger partial charge in [-0.25, -0.2) is 14.4 Å². The number of hydrogen-bond acceptors (Lipinski definition) is 8. The SMILES string of the molecule is C=N/C(=C\C=C/CC1=CCN(Cc2nc3ccc(-c4ccc5n[nH]c(C)c5c4)cc3n2CC2CCO2)CC1)OCc1ccc(C#N)cc1F.NC=O. The molecule has 0 radical (unpaired) electrons. The van der Waals surface area contributed by atoms with Gasteiger partial charge in [0.1, 0.15) is 18.2 Å². The van der Waals surface area contributed by atoms with Crippen LogP contribution in [-0.4, -0.2) is 63.6 Å². The summed E-state index contributed by atoms with van der Waals surface area (Å²) in [5.41, 5.74) is 12.7. The fourth-order valence-corrected chi connectivity index (χ4v) is 6.31. The molecule has 5 aromatic rings. The van der Waals surface area contributed by atoms with Crippen LogP contribution in [0.5, 0.6) is 0 Å². The van der Waals surface area contributed by atoms with Crippen LogP contribution in [0.3, 0.4) is 0 Å². The standard InChI is InChI=1S/C39H38FN7O2.CH3NO/c1-26-33-20-29(9-11-35(33)45-44-26)30-10-12-36-37(21-30)47(23-32-15-18-48-32)38(43-36)24-46-16-13-27(14-17-46)5-3-4-6-39(42-2)49-25-31-8-7-28(22-41)19-34(31)40;2-1-3/h3-4,6-13,19-21,32H,2,5,14-18,23-25H2,1H3,(H,44,45);1H,(H2,2,3)/b4-3-,39-6+;. The molecule has 1 atom stereocenters. The summed E-state index contributed by atoms with van der Waals surface area (Å²) in [6.45, 7) is 9.81. The number of fused-ring (bicyclic) bond motifs is 2. The van der Waals surface area contributed by atoms with E-state index < -0.39 is 5.82 Å². The number of nitrogens with two attached hydrogens (primary N) is 1. The number of nitriles is 1. The summed E-state index contributed by atoms with van der Waals surface area (Å²) < 4.78 is 28.0. The summed E-state index contributed by atoms with van der Waals surface area (Å²) in [6, 6.07) is 19.2. The van der Waals surface area contributed by atoms with Crippen LogP contribution < -0.4 is 5.73 Å². The second-order valence-corrected chi connectivity index (χ2v) is 12.7. The highest BCUT2D eigenvalue weighted by Crippen LogP contribution is 2.30. The van der Waals surface area contributed by atoms with Crippen molar-refractivity contribution >= 4 is 35.1 Å². The minimum atomic E-state index is -0.482. The van der Waals surface area contributed by atoms with E-state index in [9.17, 15) is 4.39 Å². The minimum Gasteiger partial charge on any atom is -0.473 e. The second-order valence-electron chi connectivity index (χ2n) is 12.7. The number of hydrogen-bond donors (Lipinski definition) is 2. The molecule has 1 amide bonds. The zero-order chi connectivity index (χ0) is 36.5. The third-order valence-electron chi connectivity index (χ3n) is 9.31. The van der Waals surface area contributed by atoms with Crippen LogP contribution in [0.15, 0.2) is 95.3 Å². The highest BCUT2D eigenvalue weighted by atomic mass is 19.1. The molecule has 4 heterocycles. The average Bonchev–Trinajstić information content (AvgIpc) is 3.68. The Hall–Kier alpha value is -5.90. The molecule has 2 aliphatic heterocycles. The molecule has 1 fully saturated rings. The van der Waals surface area contributed by atoms with E-state index in [1.807, 2.05) is 12.1 Å². The van der Waals surface area contributed by atoms with Crippen molar-refractivity contribution in [1.82, 2.24) is 24.6 Å². The molecule has 2 aliphatic rings. The molecular weight excluding hydrogens is 659 g/mol. The first-order chi connectivity index (χ1) is 25.4. The molecule has 1 unspecified atom stereocenters. The summed E-state index contributed by atoms with van der Waals surface area (Å²) in [5.74, 6) is 0.890. The van der Waals surface area contributed by atoms with Gasteiger partial charge in [-0.2, -0.15) is 10.4 Å². The molecule has 3 aromatic carbocycles. The summed E-state index contributed by atoms with van der Waals surface area (Å²) in [4.78, 5) is 20.0. The Bertz CT molecular complexity index is 2210. The quantitative estimate of drug-likeness (QED) is 0.0488. The van der Waals surface area contributed by atoms with Crippen LogP contribution in [0.25, 0.3) is 33.1 Å². The molecule has 0 saturated carbocycles. The molecule has 1 saturated heterocycles. The predicted molar refractivity (Wildman–Crippen MR) is 199 cm³/mol. The molecule has 7 rings (SSSR count). The van der Waals surface area contributed by atoms with Crippen LogP contribution in [0.1, 0.15) is 41.9 Å². The first-order valence-electron chi connectivity index (χ1n) is 17.2. The third kappa shape index (κ3) is 8.51. The van der Waals surface area contributed by atoms with E-state index in [2.05, 4.69) is 92.6 Å². The lowest BCUT2D eigenvalue weighted by Gasteiger charge is -2.29. The zero-order valence-corrected chi connectivity index (χ0v) is 29.1. The van der Waals surface area contributed by atoms with Crippen LogP contribution >= 0.6 is 0 Å². The molecule has 2 aromatic heterocycles. The minimum absolute atomic E-state index is 0.00185. The number of amides is 1. The third-order valence-corrected chi connectivity index (χ3v) is 9.31. The maximum atomic E-state index is 14.2. The first kappa shape index (κ1) is 35.9. The number of halogens is 1. The Balaban J connectivity index is 0.00000150. The first-order valence-corrected chi connectivity index (χ1v) is 17.2. The zero-order valence-electron chi connectivity index (χ0n) is 29.1. The van der Waals surface area contributed by atoms with Gasteiger partial charge in [-0.1, -0.05) is 42.0 Å². The summed E-state index contributed by atoms with van der Waals surface area (Å²) in [6.07, 6.45) is 11.3. The van der Waals surface area contributed by atoms with E-state index in [1.54, 1.807) is 18.2 Å². The number of allylic oxidation sites excluding steroid dienone is 3. The molecule has 3 N–H and O–H groups in total. The maximum absolute atomic E-state index is 14.2. The van der Waals surface area contributed by atoms with E-state index in [1.165, 1.54) is 11.6 Å². The number of ether oxygens (including phenoxy) is 2. The fourth-order valence-electron chi connectivity index (χ4n) is 6.31. The molecule has 0 aliphatic carbocycles. The van der Waals surface area contributed by atoms with Crippen molar-refractivity contribution in [3.63, 3.8) is 0 Å². The average molecular weight is 701 g/mol. The normalized spacial score (nSPS) is 16.2. The van der Waals surface area contributed by atoms with Crippen molar-refractivity contribution < 1.29 is 18.7 Å². The molecule has 0 bridgehead atoms. The fraction of sp³-hybridized carbons (Fsp3) is 0.275. The number of aromatic amines is 1. The van der Waals surface area contributed by atoms with Gasteiger partial charge in [0.25, 0.3) is 0 Å². The van der Waals surface area contributed by atoms with Gasteiger partial charge in [-0.05, 0) is 86.5 Å². The molecule has 12 heteroatoms. The van der Waals surface area contributed by atoms with E-state index in [0.29, 0.717) is 11.4 Å². The lowest BCUT2D eigenvalue weighted by atomic mass is 10.0. The number of primary amides is 1. The van der Waals surface area contributed by atoms with Gasteiger partial charge in [0.15, 0.2) is 0 Å². The van der Waals surface area contributed by atoms with Crippen molar-refractivity contribution in [2.75, 3.05) is 19.7 Å². The summed E-state index contributed by atoms with van der Waals surface area (Å²) in [7, 11) is 0. The van der Waals surface area contributed by atoms with Crippen molar-refractivity contribution in [3.05, 3.63) is 119 Å². The molecule has 266 valence electrons. The Kier molecular flexibility index (Phi) is 11.7. The van der Waals surface area contributed by atoms with Crippen LogP contribution in [0.4, 0.5) is 4.39 Å². The van der Waals surface area contributed by atoms with Crippen LogP contribution in [0.2, 0.25) is 0 Å². The van der Waals surface area contributed by atoms with Crippen molar-refractivity contribution in [2.24, 2.45) is 10.7 Å². The van der Waals surface area contributed by atoms with Gasteiger partial charge < -0.3 is 19.8 Å². The highest BCUT2D eigenvalue weighted by molar-refractivity contribution is 5.89. The Morgan fingerprint density at radius 3 is 2.69 bits per heavy atom. The van der Waals surface area contributed by atoms with Gasteiger partial charge in [0, 0.05) is 36.3 Å². The number of H-pyrrole nitrogens is 1. The number of nitrogens with one attached hydrogen (secondary N) is 1. The smallest absolute Gasteiger partial charge is 0.212 e. The van der Waals surface area contributed by atoms with Crippen LogP contribution in [0, 0.1) is 24.1 Å². The number of imidazole rings is 1. The van der Waals surface area contributed by atoms with Gasteiger partial charge in [-0.3, -0.25) is 14.8 Å². The maximum Gasteiger partial charge on any atom is 0.212 e. The molecule has 52 heavy (non-hydrogen) atoms. The van der Waals surface area contributed by atoms with Gasteiger partial charge in [0.05, 0.1) is 47.4 Å². The Morgan fingerprint density at radius 1 is 1.21 bits per heavy atom. The van der Waals surface area contributed by atoms with Crippen molar-refractivity contribution in [1.29, 1.82) is 5.26 Å².